The molecule has 2 nitrogen and oxygen atoms in total. The average Bonchev–Trinajstić information content (AvgIpc) is 2.03. The van der Waals surface area contributed by atoms with Crippen LogP contribution in [0.15, 0.2) is 0 Å². The second-order valence-corrected chi connectivity index (χ2v) is 3.49. The second-order valence-electron chi connectivity index (χ2n) is 2.45. The molecule has 0 aromatic rings. The van der Waals surface area contributed by atoms with Crippen molar-refractivity contribution in [3.63, 3.8) is 0 Å². The fourth-order valence-electron chi connectivity index (χ4n) is 0.530. The fourth-order valence-corrected chi connectivity index (χ4v) is 1.28. The van der Waals surface area contributed by atoms with E-state index in [0.717, 1.165) is 26.1 Å². The summed E-state index contributed by atoms with van der Waals surface area (Å²) in [6.07, 6.45) is 4.73. The molecule has 0 amide bonds. The quantitative estimate of drug-likeness (QED) is 0.616. The molecule has 0 bridgehead atoms. The van der Waals surface area contributed by atoms with Gasteiger partial charge in [0.25, 0.3) is 0 Å². The molecule has 0 N–H and O–H groups in total. The van der Waals surface area contributed by atoms with Crippen molar-refractivity contribution < 1.29 is 24.3 Å². The molecule has 0 unspecified atom stereocenters. The van der Waals surface area contributed by atoms with Crippen LogP contribution in [0.4, 0.5) is 0 Å². The first-order valence-corrected chi connectivity index (χ1v) is 5.50. The Hall–Kier alpha value is 1.46. The summed E-state index contributed by atoms with van der Waals surface area (Å²) in [4.78, 5) is 0. The minimum absolute atomic E-state index is 0. The van der Waals surface area contributed by atoms with E-state index in [1.807, 2.05) is 0 Å². The van der Waals surface area contributed by atoms with E-state index in [1.165, 1.54) is 12.8 Å². The van der Waals surface area contributed by atoms with Crippen molar-refractivity contribution in [1.29, 1.82) is 0 Å². The zero-order valence-electron chi connectivity index (χ0n) is 8.32. The molecule has 0 aromatic heterocycles. The van der Waals surface area contributed by atoms with Gasteiger partial charge in [-0.15, -0.1) is 34.0 Å². The first-order valence-electron chi connectivity index (χ1n) is 4.36. The van der Waals surface area contributed by atoms with Gasteiger partial charge in [0, 0.05) is 0 Å². The van der Waals surface area contributed by atoms with Crippen LogP contribution in [0, 0.1) is 0 Å². The Balaban J connectivity index is -0.000000500. The van der Waals surface area contributed by atoms with Gasteiger partial charge in [0.1, 0.15) is 0 Å². The molecule has 0 aliphatic heterocycles. The number of hydrogen-bond donors (Lipinski definition) is 0. The molecular formula is C8H20Br2O2V. The monoisotopic (exact) mass is 357 g/mol. The summed E-state index contributed by atoms with van der Waals surface area (Å²) in [5, 5.41) is 0. The van der Waals surface area contributed by atoms with E-state index in [1.54, 1.807) is 0 Å². The zero-order chi connectivity index (χ0) is 8.36. The van der Waals surface area contributed by atoms with Crippen LogP contribution in [-0.2, 0) is 24.3 Å². The van der Waals surface area contributed by atoms with Crippen LogP contribution in [0.1, 0.15) is 39.5 Å². The topological polar surface area (TPSA) is 18.5 Å². The molecule has 0 radical (unpaired) electrons. The van der Waals surface area contributed by atoms with Crippen molar-refractivity contribution in [2.45, 2.75) is 39.5 Å². The molecule has 0 atom stereocenters. The zero-order valence-corrected chi connectivity index (χ0v) is 13.1. The summed E-state index contributed by atoms with van der Waals surface area (Å²) in [7, 11) is 0. The van der Waals surface area contributed by atoms with Gasteiger partial charge in [-0.05, 0) is 0 Å². The van der Waals surface area contributed by atoms with Gasteiger partial charge in [0.15, 0.2) is 0 Å². The summed E-state index contributed by atoms with van der Waals surface area (Å²) in [5.41, 5.74) is 0. The first-order chi connectivity index (χ1) is 5.41. The Morgan fingerprint density at radius 3 is 1.54 bits per heavy atom. The average molecular weight is 359 g/mol. The third-order valence-corrected chi connectivity index (χ3v) is 2.18. The Morgan fingerprint density at radius 1 is 0.846 bits per heavy atom. The number of halogens is 2. The predicted octanol–water partition coefficient (Wildman–Crippen LogP) is 3.69. The van der Waals surface area contributed by atoms with Gasteiger partial charge in [-0.1, -0.05) is 0 Å². The van der Waals surface area contributed by atoms with E-state index in [2.05, 4.69) is 13.8 Å². The molecule has 0 aliphatic rings. The molecule has 5 heteroatoms. The van der Waals surface area contributed by atoms with Gasteiger partial charge < -0.3 is 0 Å². The Kier molecular flexibility index (Phi) is 29.3. The molecular weight excluding hydrogens is 339 g/mol. The van der Waals surface area contributed by atoms with Gasteiger partial charge >= 0.3 is 77.1 Å². The number of hydrogen-bond acceptors (Lipinski definition) is 2. The van der Waals surface area contributed by atoms with Crippen molar-refractivity contribution in [2.75, 3.05) is 13.2 Å². The molecule has 83 valence electrons. The maximum atomic E-state index is 5.29. The van der Waals surface area contributed by atoms with Crippen molar-refractivity contribution in [3.8, 4) is 0 Å². The fraction of sp³-hybridized carbons (Fsp3) is 1.00. The van der Waals surface area contributed by atoms with E-state index < -0.39 is 0 Å². The summed E-state index contributed by atoms with van der Waals surface area (Å²) in [5.74, 6) is 0. The van der Waals surface area contributed by atoms with Crippen LogP contribution < -0.4 is 0 Å². The molecule has 13 heavy (non-hydrogen) atoms. The van der Waals surface area contributed by atoms with Gasteiger partial charge in [0.05, 0.1) is 0 Å². The van der Waals surface area contributed by atoms with E-state index in [0.29, 0.717) is 0 Å². The van der Waals surface area contributed by atoms with Crippen molar-refractivity contribution in [2.24, 2.45) is 0 Å². The Labute approximate surface area is 110 Å². The summed E-state index contributed by atoms with van der Waals surface area (Å²) < 4.78 is 10.6. The molecule has 0 saturated carbocycles. The van der Waals surface area contributed by atoms with Crippen LogP contribution in [0.3, 0.4) is 0 Å². The molecule has 0 saturated heterocycles. The van der Waals surface area contributed by atoms with Crippen LogP contribution in [0.2, 0.25) is 0 Å². The third-order valence-electron chi connectivity index (χ3n) is 1.28. The van der Waals surface area contributed by atoms with E-state index in [4.69, 9.17) is 7.32 Å². The van der Waals surface area contributed by atoms with E-state index in [-0.39, 0.29) is 51.0 Å². The van der Waals surface area contributed by atoms with Crippen molar-refractivity contribution in [1.82, 2.24) is 0 Å². The SMILES string of the molecule is Br.Br.CCCC[O][V][O]CCCC. The van der Waals surface area contributed by atoms with E-state index in [9.17, 15) is 0 Å². The third kappa shape index (κ3) is 19.8. The molecule has 0 aromatic carbocycles. The molecule has 0 spiro atoms. The number of rotatable bonds is 8. The summed E-state index contributed by atoms with van der Waals surface area (Å²) >= 11 is -0.271. The minimum atomic E-state index is -0.271. The molecule has 0 heterocycles. The van der Waals surface area contributed by atoms with Crippen LogP contribution in [-0.4, -0.2) is 13.2 Å². The second kappa shape index (κ2) is 19.1. The van der Waals surface area contributed by atoms with Crippen LogP contribution in [0.25, 0.3) is 0 Å². The van der Waals surface area contributed by atoms with E-state index >= 15 is 0 Å². The van der Waals surface area contributed by atoms with Crippen LogP contribution >= 0.6 is 34.0 Å². The standard InChI is InChI=1S/2C4H9O.2BrH.V/c2*1-2-3-4-5;;;/h2*2-4H2,1H3;2*1H;/q2*-1;;;+2. The molecule has 0 rings (SSSR count). The van der Waals surface area contributed by atoms with Crippen LogP contribution in [0.5, 0.6) is 0 Å². The predicted molar refractivity (Wildman–Crippen MR) is 62.4 cm³/mol. The Bertz CT molecular complexity index is 69.2. The maximum absolute atomic E-state index is 5.29. The number of unbranched alkanes of at least 4 members (excludes halogenated alkanes) is 2. The van der Waals surface area contributed by atoms with Gasteiger partial charge in [-0.3, -0.25) is 0 Å². The summed E-state index contributed by atoms with van der Waals surface area (Å²) in [6, 6.07) is 0. The first kappa shape index (κ1) is 20.0. The van der Waals surface area contributed by atoms with Crippen molar-refractivity contribution >= 4 is 34.0 Å². The molecule has 0 aliphatic carbocycles. The molecule has 0 fully saturated rings. The summed E-state index contributed by atoms with van der Waals surface area (Å²) in [6.45, 7) is 6.08. The Morgan fingerprint density at radius 2 is 1.23 bits per heavy atom. The van der Waals surface area contributed by atoms with Gasteiger partial charge in [-0.2, -0.15) is 0 Å². The van der Waals surface area contributed by atoms with Gasteiger partial charge in [0.2, 0.25) is 0 Å². The normalized spacial score (nSPS) is 8.46. The van der Waals surface area contributed by atoms with Crippen molar-refractivity contribution in [3.05, 3.63) is 0 Å². The van der Waals surface area contributed by atoms with Gasteiger partial charge in [-0.25, -0.2) is 0 Å².